The molecule has 0 bridgehead atoms. The number of aliphatic hydroxyl groups is 2. The number of ether oxygens (including phenoxy) is 9. The van der Waals surface area contributed by atoms with E-state index >= 15 is 8.78 Å². The Hall–Kier alpha value is -7.96. The van der Waals surface area contributed by atoms with E-state index in [9.17, 15) is 72.9 Å². The largest absolute Gasteiger partial charge is 0.481 e. The van der Waals surface area contributed by atoms with E-state index in [-0.39, 0.29) is 126 Å². The van der Waals surface area contributed by atoms with Gasteiger partial charge in [0.2, 0.25) is 17.6 Å². The minimum absolute atomic E-state index is 0.000909. The number of alkyl halides is 2. The highest BCUT2D eigenvalue weighted by molar-refractivity contribution is 6.02. The molecule has 1 heterocycles. The number of amides is 5. The summed E-state index contributed by atoms with van der Waals surface area (Å²) in [6.07, 6.45) is 0.553. The SMILES string of the molecule is CCCC1O[C@@H]2C[C@H]3[C@@H]4C[C@H](F)C5=CC(=O)C=C[C@]5(C)[C@@]4(F)[C@@H](O)C[C@]3(C)[C@]2(C(=O)COC(=O)[C@@H](CC(=O)[C@H](CO)NC(=O)OCc2ccc(NC(=O)[C@H](CCCNC(N)=O)CC(=O)[C@@H](NC(=O)[C@@H](CCC(=O)O)CC(=O)CCOCCOCCOCCOCCCC(=O)OCC3[C@H]4CCC#CCC[C@@H]34)C(C)C)cc2)CC(C)C)O1. The molecule has 8 rings (SSSR count). The summed E-state index contributed by atoms with van der Waals surface area (Å²) in [5.74, 6) is -4.54. The zero-order chi connectivity index (χ0) is 83.8. The molecule has 2 unspecified atom stereocenters. The molecule has 6 aliphatic carbocycles. The highest BCUT2D eigenvalue weighted by Gasteiger charge is 2.80. The van der Waals surface area contributed by atoms with Gasteiger partial charge in [-0.05, 0) is 148 Å². The van der Waals surface area contributed by atoms with Crippen LogP contribution in [0.15, 0.2) is 48.1 Å². The second-order valence-electron chi connectivity index (χ2n) is 32.8. The smallest absolute Gasteiger partial charge is 0.408 e. The van der Waals surface area contributed by atoms with Crippen LogP contribution in [0.4, 0.5) is 24.1 Å². The number of rotatable bonds is 50. The second kappa shape index (κ2) is 43.5. The maximum absolute atomic E-state index is 18.1. The van der Waals surface area contributed by atoms with Gasteiger partial charge in [-0.25, -0.2) is 18.4 Å². The van der Waals surface area contributed by atoms with Crippen LogP contribution in [0.3, 0.4) is 0 Å². The van der Waals surface area contributed by atoms with E-state index in [1.54, 1.807) is 34.6 Å². The minimum atomic E-state index is -2.45. The number of nitrogens with two attached hydrogens (primary N) is 1. The number of hydrogen-bond donors (Lipinski definition) is 8. The van der Waals surface area contributed by atoms with Crippen molar-refractivity contribution in [1.82, 2.24) is 16.0 Å². The normalized spacial score (nSPS) is 27.5. The fourth-order valence-electron chi connectivity index (χ4n) is 17.9. The lowest BCUT2D eigenvalue weighted by Crippen LogP contribution is -2.71. The molecule has 1 aliphatic heterocycles. The number of allylic oxidation sites excluding steroid dienone is 4. The predicted octanol–water partition coefficient (Wildman–Crippen LogP) is 7.98. The predicted molar refractivity (Wildman–Crippen MR) is 411 cm³/mol. The first-order valence-electron chi connectivity index (χ1n) is 40.8. The molecule has 1 aromatic rings. The molecule has 7 aliphatic rings. The number of urea groups is 1. The molecule has 0 radical (unpaired) electrons. The first kappa shape index (κ1) is 92.5. The number of nitrogens with one attached hydrogen (secondary N) is 4. The number of Topliss-reactive ketones (excluding diaryl/α,β-unsaturated/α-hetero) is 4. The van der Waals surface area contributed by atoms with E-state index < -0.39 is 186 Å². The topological polar surface area (TPSA) is 423 Å². The third-order valence-electron chi connectivity index (χ3n) is 24.0. The van der Waals surface area contributed by atoms with Crippen LogP contribution in [0.25, 0.3) is 0 Å². The average Bonchev–Trinajstić information content (AvgIpc) is 1.57. The molecule has 115 heavy (non-hydrogen) atoms. The third-order valence-corrected chi connectivity index (χ3v) is 24.0. The first-order valence-corrected chi connectivity index (χ1v) is 40.8. The molecule has 1 aromatic carbocycles. The van der Waals surface area contributed by atoms with Gasteiger partial charge in [-0.1, -0.05) is 66.2 Å². The Morgan fingerprint density at radius 1 is 0.748 bits per heavy atom. The van der Waals surface area contributed by atoms with Crippen molar-refractivity contribution in [2.45, 2.75) is 232 Å². The molecule has 29 nitrogen and oxygen atoms in total. The standard InChI is InChI=1S/C84H119F2N5O24/c1-8-15-74-114-71-44-62-63-43-65(85)64-42-57(93)26-28-81(64,6)83(63,86)69(97)45-82(62,7)84(71,115-74)70(98)49-112-78(104)55(38-50(2)3)41-67(95)66(46-92)90-80(106)113-47-52-20-23-56(24-21-52)89-76(102)53(16-13-29-88-79(87)105)40-68(96)75(51(4)5)91-77(103)54(22-25-72(99)100)39-58(94)27-31-108-33-35-110-37-36-109-34-32-107-30-14-19-73(101)111-48-61-59-17-11-9-10-12-18-60(59)61/h20-21,23-24,26,28,42,50-51,53-55,59-63,65-66,69,71,74-75,92,97H,8,11-19,22,25,27,29-41,43-49H2,1-7H3,(H,89,102)(H,90,106)(H,91,103)(H,99,100)(H3,87,88,105)/t53-,54+,55-,59-,60+,61?,62+,63+,65+,66+,69+,71-,74?,75+,81+,82+,83+,84-/m1/s1. The molecule has 5 fully saturated rings. The van der Waals surface area contributed by atoms with Gasteiger partial charge in [-0.3, -0.25) is 47.9 Å². The van der Waals surface area contributed by atoms with E-state index in [1.807, 2.05) is 6.92 Å². The number of aliphatic carboxylic acids is 1. The number of carbonyl (C=O) groups is 12. The van der Waals surface area contributed by atoms with Crippen LogP contribution >= 0.6 is 0 Å². The second-order valence-corrected chi connectivity index (χ2v) is 32.8. The van der Waals surface area contributed by atoms with Gasteiger partial charge < -0.3 is 85.0 Å². The van der Waals surface area contributed by atoms with Gasteiger partial charge in [-0.15, -0.1) is 11.8 Å². The minimum Gasteiger partial charge on any atom is -0.481 e. The van der Waals surface area contributed by atoms with Gasteiger partial charge in [-0.2, -0.15) is 0 Å². The van der Waals surface area contributed by atoms with Crippen LogP contribution in [0.2, 0.25) is 0 Å². The fourth-order valence-corrected chi connectivity index (χ4v) is 17.9. The summed E-state index contributed by atoms with van der Waals surface area (Å²) in [6, 6.07) is 2.46. The molecule has 638 valence electrons. The zero-order valence-electron chi connectivity index (χ0n) is 67.4. The summed E-state index contributed by atoms with van der Waals surface area (Å²) >= 11 is 0. The lowest BCUT2D eigenvalue weighted by Gasteiger charge is -2.63. The van der Waals surface area contributed by atoms with Crippen molar-refractivity contribution in [3.05, 3.63) is 53.6 Å². The Morgan fingerprint density at radius 2 is 1.39 bits per heavy atom. The summed E-state index contributed by atoms with van der Waals surface area (Å²) in [5, 5.41) is 42.2. The van der Waals surface area contributed by atoms with E-state index in [1.165, 1.54) is 43.3 Å². The molecule has 4 saturated carbocycles. The van der Waals surface area contributed by atoms with E-state index in [0.29, 0.717) is 82.0 Å². The quantitative estimate of drug-likeness (QED) is 0.0133. The maximum atomic E-state index is 18.1. The van der Waals surface area contributed by atoms with Crippen molar-refractivity contribution >= 4 is 76.5 Å². The summed E-state index contributed by atoms with van der Waals surface area (Å²) in [7, 11) is 0. The molecule has 9 N–H and O–H groups in total. The molecular weight excluding hydrogens is 1500 g/mol. The number of halogens is 2. The highest BCUT2D eigenvalue weighted by Crippen LogP contribution is 2.72. The number of esters is 2. The van der Waals surface area contributed by atoms with Crippen LogP contribution < -0.4 is 27.0 Å². The van der Waals surface area contributed by atoms with E-state index in [4.69, 9.17) is 48.4 Å². The van der Waals surface area contributed by atoms with Crippen molar-refractivity contribution < 1.29 is 124 Å². The summed E-state index contributed by atoms with van der Waals surface area (Å²) in [5.41, 5.74) is -1.51. The Labute approximate surface area is 671 Å². The monoisotopic (exact) mass is 1620 g/mol. The van der Waals surface area contributed by atoms with Crippen LogP contribution in [0.5, 0.6) is 0 Å². The number of carboxylic acid groups (broad SMARTS) is 1. The van der Waals surface area contributed by atoms with Crippen LogP contribution in [-0.4, -0.2) is 213 Å². The number of fused-ring (bicyclic) bond motifs is 8. The van der Waals surface area contributed by atoms with Crippen molar-refractivity contribution in [1.29, 1.82) is 0 Å². The molecule has 0 aromatic heterocycles. The summed E-state index contributed by atoms with van der Waals surface area (Å²) in [4.78, 5) is 159. The number of carboxylic acids is 1. The van der Waals surface area contributed by atoms with E-state index in [0.717, 1.165) is 31.8 Å². The lowest BCUT2D eigenvalue weighted by atomic mass is 9.44. The number of ketones is 5. The van der Waals surface area contributed by atoms with Gasteiger partial charge in [0.05, 0.1) is 83.6 Å². The number of carbonyl (C=O) groups excluding carboxylic acids is 11. The van der Waals surface area contributed by atoms with Crippen LogP contribution in [0, 0.1) is 81.8 Å². The molecule has 5 amide bonds. The molecule has 0 spiro atoms. The Morgan fingerprint density at radius 3 is 2.02 bits per heavy atom. The van der Waals surface area contributed by atoms with E-state index in [2.05, 4.69) is 33.1 Å². The summed E-state index contributed by atoms with van der Waals surface area (Å²) in [6.45, 7) is 12.4. The Balaban J connectivity index is 0.755. The number of benzene rings is 1. The average molecular weight is 1620 g/mol. The Kier molecular flexibility index (Phi) is 35.0. The van der Waals surface area contributed by atoms with Crippen molar-refractivity contribution in [2.24, 2.45) is 75.7 Å². The fraction of sp³-hybridized carbons (Fsp3) is 0.714. The third kappa shape index (κ3) is 24.4. The zero-order valence-corrected chi connectivity index (χ0v) is 67.4. The maximum Gasteiger partial charge on any atom is 0.408 e. The van der Waals surface area contributed by atoms with Crippen LogP contribution in [0.1, 0.15) is 182 Å². The molecule has 1 saturated heterocycles. The van der Waals surface area contributed by atoms with Crippen LogP contribution in [-0.2, 0) is 97.2 Å². The molecular formula is C84H119F2N5O24. The molecule has 31 heteroatoms. The summed E-state index contributed by atoms with van der Waals surface area (Å²) < 4.78 is 86.3. The highest BCUT2D eigenvalue weighted by atomic mass is 19.1. The van der Waals surface area contributed by atoms with Gasteiger partial charge in [0.25, 0.3) is 0 Å². The molecule has 18 atom stereocenters. The lowest BCUT2D eigenvalue weighted by molar-refractivity contribution is -0.235. The first-order chi connectivity index (χ1) is 54.8. The number of alkyl carbamates (subject to hydrolysis) is 1. The number of aliphatic hydroxyl groups excluding tert-OH is 2. The van der Waals surface area contributed by atoms with Crippen molar-refractivity contribution in [2.75, 3.05) is 84.5 Å². The van der Waals surface area contributed by atoms with Gasteiger partial charge in [0, 0.05) is 98.8 Å². The number of hydrogen-bond acceptors (Lipinski definition) is 23. The van der Waals surface area contributed by atoms with Gasteiger partial charge in [0.15, 0.2) is 41.5 Å². The number of primary amides is 1. The van der Waals surface area contributed by atoms with Gasteiger partial charge >= 0.3 is 30.0 Å². The van der Waals surface area contributed by atoms with Crippen molar-refractivity contribution in [3.63, 3.8) is 0 Å². The number of anilines is 1. The Bertz CT molecular complexity index is 3680. The van der Waals surface area contributed by atoms with Gasteiger partial charge in [0.1, 0.15) is 24.6 Å². The van der Waals surface area contributed by atoms with Crippen molar-refractivity contribution in [3.8, 4) is 11.8 Å².